The van der Waals surface area contributed by atoms with Crippen LogP contribution in [0.4, 0.5) is 10.2 Å². The van der Waals surface area contributed by atoms with Gasteiger partial charge in [0.25, 0.3) is 5.56 Å². The summed E-state index contributed by atoms with van der Waals surface area (Å²) in [6.45, 7) is 3.65. The average Bonchev–Trinajstić information content (AvgIpc) is 3.03. The van der Waals surface area contributed by atoms with Crippen LogP contribution in [0.1, 0.15) is 30.9 Å². The van der Waals surface area contributed by atoms with Gasteiger partial charge in [-0.15, -0.1) is 12.4 Å². The van der Waals surface area contributed by atoms with Crippen LogP contribution in [0.2, 0.25) is 0 Å². The maximum atomic E-state index is 13.9. The Hall–Kier alpha value is -2.89. The molecule has 0 spiro atoms. The minimum atomic E-state index is -0.421. The van der Waals surface area contributed by atoms with Crippen LogP contribution in [0, 0.1) is 17.1 Å². The van der Waals surface area contributed by atoms with Gasteiger partial charge in [-0.3, -0.25) is 4.79 Å². The summed E-state index contributed by atoms with van der Waals surface area (Å²) in [6, 6.07) is 8.06. The SMILES string of the molecule is Cl.Cn1cnc2cc(N3CCC[C@@](C)(N)C3)n(Cc3cc(F)ccc3C#N)c2c1=O. The largest absolute Gasteiger partial charge is 0.356 e. The number of hydrogen-bond acceptors (Lipinski definition) is 5. The molecule has 2 N–H and O–H groups in total. The summed E-state index contributed by atoms with van der Waals surface area (Å²) in [4.78, 5) is 19.5. The molecule has 1 aromatic carbocycles. The Balaban J connectivity index is 0.00000256. The van der Waals surface area contributed by atoms with Gasteiger partial charge in [-0.2, -0.15) is 5.26 Å². The minimum Gasteiger partial charge on any atom is -0.356 e. The minimum absolute atomic E-state index is 0. The van der Waals surface area contributed by atoms with Crippen LogP contribution in [-0.2, 0) is 13.6 Å². The highest BCUT2D eigenvalue weighted by molar-refractivity contribution is 5.85. The molecule has 0 unspecified atom stereocenters. The zero-order valence-corrected chi connectivity index (χ0v) is 17.7. The topological polar surface area (TPSA) is 92.9 Å². The van der Waals surface area contributed by atoms with Gasteiger partial charge >= 0.3 is 0 Å². The zero-order valence-electron chi connectivity index (χ0n) is 16.9. The normalized spacial score (nSPS) is 18.8. The first-order valence-electron chi connectivity index (χ1n) is 9.56. The lowest BCUT2D eigenvalue weighted by Gasteiger charge is -2.39. The van der Waals surface area contributed by atoms with Gasteiger partial charge in [-0.25, -0.2) is 9.37 Å². The molecule has 30 heavy (non-hydrogen) atoms. The number of nitrogens with zero attached hydrogens (tertiary/aromatic N) is 5. The van der Waals surface area contributed by atoms with Crippen molar-refractivity contribution in [2.75, 3.05) is 18.0 Å². The van der Waals surface area contributed by atoms with Gasteiger partial charge in [-0.1, -0.05) is 0 Å². The number of hydrogen-bond donors (Lipinski definition) is 1. The second kappa shape index (κ2) is 8.09. The fourth-order valence-corrected chi connectivity index (χ4v) is 4.07. The van der Waals surface area contributed by atoms with E-state index in [1.54, 1.807) is 7.05 Å². The molecule has 1 aliphatic heterocycles. The second-order valence-corrected chi connectivity index (χ2v) is 8.08. The van der Waals surface area contributed by atoms with E-state index < -0.39 is 5.82 Å². The molecule has 2 aromatic heterocycles. The molecule has 1 fully saturated rings. The van der Waals surface area contributed by atoms with Gasteiger partial charge in [0.1, 0.15) is 17.2 Å². The molecule has 0 saturated carbocycles. The smallest absolute Gasteiger partial charge is 0.277 e. The number of aromatic nitrogens is 3. The van der Waals surface area contributed by atoms with E-state index in [2.05, 4.69) is 16.0 Å². The number of fused-ring (bicyclic) bond motifs is 1. The highest BCUT2D eigenvalue weighted by atomic mass is 35.5. The molecule has 4 rings (SSSR count). The van der Waals surface area contributed by atoms with Crippen LogP contribution in [0.15, 0.2) is 35.4 Å². The van der Waals surface area contributed by atoms with Crippen LogP contribution >= 0.6 is 12.4 Å². The van der Waals surface area contributed by atoms with Crippen LogP contribution in [0.5, 0.6) is 0 Å². The van der Waals surface area contributed by atoms with E-state index >= 15 is 0 Å². The molecule has 0 amide bonds. The monoisotopic (exact) mass is 430 g/mol. The predicted molar refractivity (Wildman–Crippen MR) is 116 cm³/mol. The summed E-state index contributed by atoms with van der Waals surface area (Å²) >= 11 is 0. The van der Waals surface area contributed by atoms with Crippen molar-refractivity contribution in [1.29, 1.82) is 5.26 Å². The molecule has 0 radical (unpaired) electrons. The molecular formula is C21H24ClFN6O. The van der Waals surface area contributed by atoms with Crippen molar-refractivity contribution in [2.45, 2.75) is 31.8 Å². The van der Waals surface area contributed by atoms with E-state index in [0.717, 1.165) is 25.2 Å². The highest BCUT2D eigenvalue weighted by Gasteiger charge is 2.29. The van der Waals surface area contributed by atoms with Gasteiger partial charge in [0.2, 0.25) is 0 Å². The molecule has 0 aliphatic carbocycles. The van der Waals surface area contributed by atoms with Crippen molar-refractivity contribution < 1.29 is 4.39 Å². The third-order valence-corrected chi connectivity index (χ3v) is 5.52. The highest BCUT2D eigenvalue weighted by Crippen LogP contribution is 2.30. The Morgan fingerprint density at radius 1 is 1.37 bits per heavy atom. The molecule has 0 bridgehead atoms. The Morgan fingerprint density at radius 3 is 2.83 bits per heavy atom. The first-order chi connectivity index (χ1) is 13.8. The van der Waals surface area contributed by atoms with Gasteiger partial charge in [0.15, 0.2) is 0 Å². The lowest BCUT2D eigenvalue weighted by atomic mass is 9.92. The number of nitrogens with two attached hydrogens (primary N) is 1. The molecular weight excluding hydrogens is 407 g/mol. The van der Waals surface area contributed by atoms with E-state index in [-0.39, 0.29) is 30.0 Å². The first-order valence-corrected chi connectivity index (χ1v) is 9.56. The lowest BCUT2D eigenvalue weighted by Crippen LogP contribution is -2.52. The Morgan fingerprint density at radius 2 is 2.13 bits per heavy atom. The quantitative estimate of drug-likeness (QED) is 0.689. The molecule has 3 aromatic rings. The van der Waals surface area contributed by atoms with E-state index in [9.17, 15) is 14.4 Å². The Kier molecular flexibility index (Phi) is 5.88. The summed E-state index contributed by atoms with van der Waals surface area (Å²) in [6.07, 6.45) is 3.35. The van der Waals surface area contributed by atoms with Crippen LogP contribution in [0.3, 0.4) is 0 Å². The second-order valence-electron chi connectivity index (χ2n) is 8.08. The number of aryl methyl sites for hydroxylation is 1. The molecule has 1 saturated heterocycles. The fourth-order valence-electron chi connectivity index (χ4n) is 4.07. The van der Waals surface area contributed by atoms with Crippen LogP contribution in [0.25, 0.3) is 11.0 Å². The predicted octanol–water partition coefficient (Wildman–Crippen LogP) is 2.53. The molecule has 158 valence electrons. The van der Waals surface area contributed by atoms with E-state index in [0.29, 0.717) is 28.7 Å². The Bertz CT molecular complexity index is 1190. The van der Waals surface area contributed by atoms with Gasteiger partial charge in [-0.05, 0) is 43.5 Å². The molecule has 7 nitrogen and oxygen atoms in total. The van der Waals surface area contributed by atoms with Crippen LogP contribution in [-0.4, -0.2) is 32.7 Å². The summed E-state index contributed by atoms with van der Waals surface area (Å²) in [7, 11) is 1.65. The molecule has 1 atom stereocenters. The summed E-state index contributed by atoms with van der Waals surface area (Å²) in [5.74, 6) is 0.385. The lowest BCUT2D eigenvalue weighted by molar-refractivity contribution is 0.371. The summed E-state index contributed by atoms with van der Waals surface area (Å²) in [5.41, 5.74) is 7.77. The van der Waals surface area contributed by atoms with Crippen molar-refractivity contribution in [2.24, 2.45) is 12.8 Å². The van der Waals surface area contributed by atoms with Gasteiger partial charge in [0.05, 0.1) is 30.0 Å². The standard InChI is InChI=1S/C21H23FN6O.ClH/c1-21(24)6-3-7-27(12-21)18-9-17-19(20(29)26(2)13-25-17)28(18)11-15-8-16(22)5-4-14(15)10-23;/h4-5,8-9,13H,3,6-7,11-12,24H2,1-2H3;1H/t21-;/m1./s1. The van der Waals surface area contributed by atoms with Gasteiger partial charge < -0.3 is 19.8 Å². The van der Waals surface area contributed by atoms with E-state index in [1.165, 1.54) is 29.1 Å². The third kappa shape index (κ3) is 3.91. The van der Waals surface area contributed by atoms with Crippen molar-refractivity contribution in [3.8, 4) is 6.07 Å². The van der Waals surface area contributed by atoms with Crippen molar-refractivity contribution in [3.05, 3.63) is 57.9 Å². The van der Waals surface area contributed by atoms with Crippen molar-refractivity contribution in [3.63, 3.8) is 0 Å². The van der Waals surface area contributed by atoms with Gasteiger partial charge in [0, 0.05) is 31.7 Å². The number of anilines is 1. The molecule has 9 heteroatoms. The first kappa shape index (κ1) is 21.8. The number of piperidine rings is 1. The zero-order chi connectivity index (χ0) is 20.8. The number of benzene rings is 1. The summed E-state index contributed by atoms with van der Waals surface area (Å²) < 4.78 is 17.2. The Labute approximate surface area is 179 Å². The number of halogens is 2. The summed E-state index contributed by atoms with van der Waals surface area (Å²) in [5, 5.41) is 9.45. The molecule has 3 heterocycles. The van der Waals surface area contributed by atoms with E-state index in [4.69, 9.17) is 5.73 Å². The van der Waals surface area contributed by atoms with Crippen LogP contribution < -0.4 is 16.2 Å². The number of nitriles is 1. The maximum absolute atomic E-state index is 13.9. The van der Waals surface area contributed by atoms with Crippen molar-refractivity contribution in [1.82, 2.24) is 14.1 Å². The maximum Gasteiger partial charge on any atom is 0.277 e. The molecule has 1 aliphatic rings. The number of rotatable bonds is 3. The fraction of sp³-hybridized carbons (Fsp3) is 0.381. The van der Waals surface area contributed by atoms with E-state index in [1.807, 2.05) is 17.6 Å². The van der Waals surface area contributed by atoms with Crippen molar-refractivity contribution >= 4 is 29.3 Å². The third-order valence-electron chi connectivity index (χ3n) is 5.52. The average molecular weight is 431 g/mol.